The molecule has 1 aromatic heterocycles. The number of amides is 1. The van der Waals surface area contributed by atoms with Crippen molar-refractivity contribution in [3.05, 3.63) is 23.8 Å². The van der Waals surface area contributed by atoms with Crippen LogP contribution in [0, 0.1) is 0 Å². The average Bonchev–Trinajstić information content (AvgIpc) is 3.17. The Morgan fingerprint density at radius 2 is 1.90 bits per heavy atom. The predicted molar refractivity (Wildman–Crippen MR) is 113 cm³/mol. The van der Waals surface area contributed by atoms with Gasteiger partial charge in [-0.25, -0.2) is 14.6 Å². The van der Waals surface area contributed by atoms with Gasteiger partial charge in [-0.15, -0.1) is 0 Å². The van der Waals surface area contributed by atoms with Crippen LogP contribution in [0.3, 0.4) is 0 Å². The molecule has 2 atom stereocenters. The zero-order valence-corrected chi connectivity index (χ0v) is 18.1. The first kappa shape index (κ1) is 19.9. The molecule has 4 rings (SSSR count). The molecular weight excluding hydrogens is 390 g/mol. The maximum Gasteiger partial charge on any atom is 0.410 e. The van der Waals surface area contributed by atoms with Crippen molar-refractivity contribution in [2.45, 2.75) is 58.2 Å². The molecule has 0 radical (unpaired) electrons. The molecule has 0 spiro atoms. The molecule has 1 aromatic carbocycles. The number of anilines is 1. The van der Waals surface area contributed by atoms with Crippen LogP contribution in [0.5, 0.6) is 0 Å². The summed E-state index contributed by atoms with van der Waals surface area (Å²) in [5.41, 5.74) is 0.941. The van der Waals surface area contributed by atoms with Gasteiger partial charge in [0.1, 0.15) is 5.60 Å². The normalized spacial score (nSPS) is 21.5. The lowest BCUT2D eigenvalue weighted by Gasteiger charge is -2.41. The van der Waals surface area contributed by atoms with Gasteiger partial charge >= 0.3 is 12.1 Å². The Bertz CT molecular complexity index is 922. The van der Waals surface area contributed by atoms with E-state index < -0.39 is 5.60 Å². The fourth-order valence-electron chi connectivity index (χ4n) is 4.06. The van der Waals surface area contributed by atoms with Gasteiger partial charge in [-0.05, 0) is 58.7 Å². The lowest BCUT2D eigenvalue weighted by Crippen LogP contribution is -2.56. The average molecular weight is 418 g/mol. The Kier molecular flexibility index (Phi) is 5.14. The number of ether oxygens (including phenoxy) is 2. The van der Waals surface area contributed by atoms with Gasteiger partial charge in [0.05, 0.1) is 22.4 Å². The fraction of sp³-hybridized carbons (Fsp3) is 0.571. The number of thiazole rings is 1. The first-order chi connectivity index (χ1) is 13.7. The third-order valence-corrected chi connectivity index (χ3v) is 6.27. The number of carbonyl (C=O) groups excluding carboxylic acids is 2. The fourth-order valence-corrected chi connectivity index (χ4v) is 5.20. The molecule has 2 saturated heterocycles. The summed E-state index contributed by atoms with van der Waals surface area (Å²) in [6, 6.07) is 5.98. The van der Waals surface area contributed by atoms with E-state index in [1.165, 1.54) is 0 Å². The summed E-state index contributed by atoms with van der Waals surface area (Å²) in [6.07, 6.45) is 1.83. The van der Waals surface area contributed by atoms with E-state index in [-0.39, 0.29) is 24.1 Å². The van der Waals surface area contributed by atoms with Gasteiger partial charge in [-0.1, -0.05) is 11.3 Å². The number of esters is 1. The molecule has 1 amide bonds. The van der Waals surface area contributed by atoms with E-state index in [1.807, 2.05) is 37.8 Å². The number of carbonyl (C=O) groups is 2. The summed E-state index contributed by atoms with van der Waals surface area (Å²) in [6.45, 7) is 9.12. The zero-order chi connectivity index (χ0) is 20.8. The third kappa shape index (κ3) is 4.03. The van der Waals surface area contributed by atoms with Gasteiger partial charge < -0.3 is 19.3 Å². The van der Waals surface area contributed by atoms with E-state index in [9.17, 15) is 9.59 Å². The van der Waals surface area contributed by atoms with E-state index in [0.29, 0.717) is 25.3 Å². The molecule has 8 heteroatoms. The van der Waals surface area contributed by atoms with Crippen molar-refractivity contribution in [2.24, 2.45) is 0 Å². The van der Waals surface area contributed by atoms with Gasteiger partial charge in [-0.2, -0.15) is 0 Å². The quantitative estimate of drug-likeness (QED) is 0.702. The zero-order valence-electron chi connectivity index (χ0n) is 17.3. The van der Waals surface area contributed by atoms with Crippen molar-refractivity contribution in [1.29, 1.82) is 0 Å². The van der Waals surface area contributed by atoms with Crippen molar-refractivity contribution in [1.82, 2.24) is 9.88 Å². The van der Waals surface area contributed by atoms with E-state index in [4.69, 9.17) is 14.5 Å². The molecule has 2 aromatic rings. The number of rotatable bonds is 3. The number of hydrogen-bond acceptors (Lipinski definition) is 7. The van der Waals surface area contributed by atoms with E-state index >= 15 is 0 Å². The smallest absolute Gasteiger partial charge is 0.410 e. The SMILES string of the molecule is CCOC(=O)c1ccc2nc(N3C4CCC3CN(C(=O)OC(C)(C)C)C4)sc2c1. The third-order valence-electron chi connectivity index (χ3n) is 5.24. The molecule has 2 unspecified atom stereocenters. The van der Waals surface area contributed by atoms with Crippen molar-refractivity contribution in [2.75, 3.05) is 24.6 Å². The highest BCUT2D eigenvalue weighted by molar-refractivity contribution is 7.22. The Balaban J connectivity index is 1.53. The van der Waals surface area contributed by atoms with Gasteiger partial charge in [0, 0.05) is 25.2 Å². The van der Waals surface area contributed by atoms with Crippen LogP contribution >= 0.6 is 11.3 Å². The minimum absolute atomic E-state index is 0.238. The molecular formula is C21H27N3O4S. The van der Waals surface area contributed by atoms with Crippen LogP contribution < -0.4 is 4.90 Å². The highest BCUT2D eigenvalue weighted by Crippen LogP contribution is 2.39. The second-order valence-corrected chi connectivity index (χ2v) is 9.59. The van der Waals surface area contributed by atoms with Crippen LogP contribution in [0.1, 0.15) is 50.9 Å². The van der Waals surface area contributed by atoms with Crippen molar-refractivity contribution in [3.8, 4) is 0 Å². The van der Waals surface area contributed by atoms with Gasteiger partial charge in [-0.3, -0.25) is 0 Å². The Morgan fingerprint density at radius 1 is 1.21 bits per heavy atom. The minimum atomic E-state index is -0.489. The van der Waals surface area contributed by atoms with Crippen molar-refractivity contribution < 1.29 is 19.1 Å². The molecule has 7 nitrogen and oxygen atoms in total. The number of nitrogens with zero attached hydrogens (tertiary/aromatic N) is 3. The lowest BCUT2D eigenvalue weighted by atomic mass is 10.2. The van der Waals surface area contributed by atoms with Crippen molar-refractivity contribution >= 4 is 38.7 Å². The number of fused-ring (bicyclic) bond motifs is 3. The largest absolute Gasteiger partial charge is 0.462 e. The highest BCUT2D eigenvalue weighted by atomic mass is 32.1. The van der Waals surface area contributed by atoms with Gasteiger partial charge in [0.25, 0.3) is 0 Å². The predicted octanol–water partition coefficient (Wildman–Crippen LogP) is 4.06. The number of likely N-dealkylation sites (tertiary alicyclic amines) is 1. The summed E-state index contributed by atoms with van der Waals surface area (Å²) in [4.78, 5) is 33.5. The lowest BCUT2D eigenvalue weighted by molar-refractivity contribution is 0.0209. The number of aromatic nitrogens is 1. The number of hydrogen-bond donors (Lipinski definition) is 0. The Morgan fingerprint density at radius 3 is 2.52 bits per heavy atom. The van der Waals surface area contributed by atoms with Crippen LogP contribution in [0.4, 0.5) is 9.93 Å². The maximum absolute atomic E-state index is 12.5. The molecule has 2 aliphatic heterocycles. The molecule has 2 fully saturated rings. The van der Waals surface area contributed by atoms with E-state index in [0.717, 1.165) is 28.2 Å². The standard InChI is InChI=1S/C21H27N3O4S/c1-5-27-18(25)13-6-9-16-17(10-13)29-19(22-16)24-14-7-8-15(24)12-23(11-14)20(26)28-21(2,3)4/h6,9-10,14-15H,5,7-8,11-12H2,1-4H3. The van der Waals surface area contributed by atoms with Crippen LogP contribution in [-0.2, 0) is 9.47 Å². The summed E-state index contributed by atoms with van der Waals surface area (Å²) in [5, 5.41) is 0.956. The molecule has 2 aliphatic rings. The second kappa shape index (κ2) is 7.48. The number of benzene rings is 1. The summed E-state index contributed by atoms with van der Waals surface area (Å²) < 4.78 is 11.6. The van der Waals surface area contributed by atoms with E-state index in [2.05, 4.69) is 4.90 Å². The topological polar surface area (TPSA) is 72.0 Å². The van der Waals surface area contributed by atoms with Crippen molar-refractivity contribution in [3.63, 3.8) is 0 Å². The first-order valence-corrected chi connectivity index (χ1v) is 10.9. The Labute approximate surface area is 174 Å². The number of piperazine rings is 1. The molecule has 156 valence electrons. The molecule has 3 heterocycles. The molecule has 0 saturated carbocycles. The van der Waals surface area contributed by atoms with Crippen LogP contribution in [-0.4, -0.2) is 59.3 Å². The van der Waals surface area contributed by atoms with Gasteiger partial charge in [0.15, 0.2) is 5.13 Å². The Hall–Kier alpha value is -2.35. The summed E-state index contributed by atoms with van der Waals surface area (Å²) >= 11 is 1.59. The van der Waals surface area contributed by atoms with Crippen LogP contribution in [0.25, 0.3) is 10.2 Å². The first-order valence-electron chi connectivity index (χ1n) is 10.1. The van der Waals surface area contributed by atoms with E-state index in [1.54, 1.807) is 24.3 Å². The maximum atomic E-state index is 12.5. The second-order valence-electron chi connectivity index (χ2n) is 8.58. The summed E-state index contributed by atoms with van der Waals surface area (Å²) in [5.74, 6) is -0.310. The van der Waals surface area contributed by atoms with Crippen LogP contribution in [0.15, 0.2) is 18.2 Å². The highest BCUT2D eigenvalue weighted by Gasteiger charge is 2.43. The molecule has 2 bridgehead atoms. The molecule has 0 aliphatic carbocycles. The monoisotopic (exact) mass is 417 g/mol. The molecule has 29 heavy (non-hydrogen) atoms. The minimum Gasteiger partial charge on any atom is -0.462 e. The van der Waals surface area contributed by atoms with Gasteiger partial charge in [0.2, 0.25) is 0 Å². The summed E-state index contributed by atoms with van der Waals surface area (Å²) in [7, 11) is 0. The van der Waals surface area contributed by atoms with Crippen LogP contribution in [0.2, 0.25) is 0 Å². The molecule has 0 N–H and O–H groups in total.